The van der Waals surface area contributed by atoms with Crippen molar-refractivity contribution in [1.82, 2.24) is 15.0 Å². The SMILES string of the molecule is Cc1cc(NC(=O)c2csc(-c3cnccn3)n2)ccc1N(C)C. The molecular formula is C17H17N5OS. The van der Waals surface area contributed by atoms with Gasteiger partial charge in [0.1, 0.15) is 16.4 Å². The fourth-order valence-electron chi connectivity index (χ4n) is 2.34. The van der Waals surface area contributed by atoms with E-state index in [4.69, 9.17) is 0 Å². The highest BCUT2D eigenvalue weighted by Crippen LogP contribution is 2.24. The Hall–Kier alpha value is -2.80. The minimum absolute atomic E-state index is 0.238. The molecule has 24 heavy (non-hydrogen) atoms. The molecule has 0 aliphatic rings. The zero-order valence-electron chi connectivity index (χ0n) is 13.6. The smallest absolute Gasteiger partial charge is 0.275 e. The molecule has 3 rings (SSSR count). The molecule has 0 aliphatic heterocycles. The predicted octanol–water partition coefficient (Wildman–Crippen LogP) is 3.23. The maximum absolute atomic E-state index is 12.4. The lowest BCUT2D eigenvalue weighted by Gasteiger charge is -2.16. The van der Waals surface area contributed by atoms with Gasteiger partial charge in [-0.3, -0.25) is 14.8 Å². The van der Waals surface area contributed by atoms with Gasteiger partial charge in [0.15, 0.2) is 0 Å². The van der Waals surface area contributed by atoms with Crippen molar-refractivity contribution in [1.29, 1.82) is 0 Å². The summed E-state index contributed by atoms with van der Waals surface area (Å²) in [7, 11) is 3.98. The lowest BCUT2D eigenvalue weighted by atomic mass is 10.1. The summed E-state index contributed by atoms with van der Waals surface area (Å²) in [4.78, 5) is 27.0. The van der Waals surface area contributed by atoms with E-state index in [0.29, 0.717) is 16.4 Å². The molecule has 0 spiro atoms. The molecule has 7 heteroatoms. The Kier molecular flexibility index (Phi) is 4.52. The minimum atomic E-state index is -0.238. The molecule has 0 unspecified atom stereocenters. The van der Waals surface area contributed by atoms with Gasteiger partial charge in [-0.1, -0.05) is 0 Å². The average Bonchev–Trinajstić information content (AvgIpc) is 3.05. The van der Waals surface area contributed by atoms with E-state index in [1.54, 1.807) is 24.0 Å². The zero-order chi connectivity index (χ0) is 17.1. The highest BCUT2D eigenvalue weighted by Gasteiger charge is 2.13. The summed E-state index contributed by atoms with van der Waals surface area (Å²) in [6.07, 6.45) is 4.83. The summed E-state index contributed by atoms with van der Waals surface area (Å²) in [5.74, 6) is -0.238. The van der Waals surface area contributed by atoms with E-state index in [1.807, 2.05) is 44.1 Å². The van der Waals surface area contributed by atoms with E-state index < -0.39 is 0 Å². The minimum Gasteiger partial charge on any atom is -0.377 e. The fraction of sp³-hybridized carbons (Fsp3) is 0.176. The third-order valence-corrected chi connectivity index (χ3v) is 4.32. The summed E-state index contributed by atoms with van der Waals surface area (Å²) in [5, 5.41) is 5.28. The zero-order valence-corrected chi connectivity index (χ0v) is 14.5. The molecule has 0 saturated heterocycles. The van der Waals surface area contributed by atoms with Crippen molar-refractivity contribution in [3.63, 3.8) is 0 Å². The molecule has 3 aromatic rings. The number of carbonyl (C=O) groups excluding carboxylic acids is 1. The number of thiazole rings is 1. The quantitative estimate of drug-likeness (QED) is 0.790. The maximum atomic E-state index is 12.4. The number of benzene rings is 1. The van der Waals surface area contributed by atoms with Gasteiger partial charge < -0.3 is 10.2 Å². The number of amides is 1. The molecule has 2 aromatic heterocycles. The third-order valence-electron chi connectivity index (χ3n) is 3.46. The molecule has 122 valence electrons. The molecule has 1 amide bonds. The largest absolute Gasteiger partial charge is 0.377 e. The Labute approximate surface area is 144 Å². The maximum Gasteiger partial charge on any atom is 0.275 e. The highest BCUT2D eigenvalue weighted by atomic mass is 32.1. The summed E-state index contributed by atoms with van der Waals surface area (Å²) in [6.45, 7) is 2.01. The van der Waals surface area contributed by atoms with Crippen molar-refractivity contribution < 1.29 is 4.79 Å². The monoisotopic (exact) mass is 339 g/mol. The number of hydrogen-bond acceptors (Lipinski definition) is 6. The number of nitrogens with zero attached hydrogens (tertiary/aromatic N) is 4. The van der Waals surface area contributed by atoms with Crippen LogP contribution in [0.4, 0.5) is 11.4 Å². The van der Waals surface area contributed by atoms with Crippen LogP contribution in [0.2, 0.25) is 0 Å². The number of aromatic nitrogens is 3. The Morgan fingerprint density at radius 3 is 2.75 bits per heavy atom. The number of nitrogens with one attached hydrogen (secondary N) is 1. The molecule has 1 N–H and O–H groups in total. The highest BCUT2D eigenvalue weighted by molar-refractivity contribution is 7.13. The molecule has 6 nitrogen and oxygen atoms in total. The van der Waals surface area contributed by atoms with Gasteiger partial charge >= 0.3 is 0 Å². The van der Waals surface area contributed by atoms with Crippen LogP contribution in [0.15, 0.2) is 42.2 Å². The molecule has 0 radical (unpaired) electrons. The van der Waals surface area contributed by atoms with Crippen LogP contribution in [0.25, 0.3) is 10.7 Å². The van der Waals surface area contributed by atoms with Crippen LogP contribution in [-0.2, 0) is 0 Å². The number of anilines is 2. The average molecular weight is 339 g/mol. The van der Waals surface area contributed by atoms with Gasteiger partial charge in [0.05, 0.1) is 6.20 Å². The van der Waals surface area contributed by atoms with E-state index >= 15 is 0 Å². The van der Waals surface area contributed by atoms with Gasteiger partial charge in [0.25, 0.3) is 5.91 Å². The van der Waals surface area contributed by atoms with Crippen LogP contribution < -0.4 is 10.2 Å². The van der Waals surface area contributed by atoms with Gasteiger partial charge in [-0.25, -0.2) is 4.98 Å². The summed E-state index contributed by atoms with van der Waals surface area (Å²) in [5.41, 5.74) is 3.99. The van der Waals surface area contributed by atoms with Crippen molar-refractivity contribution in [2.75, 3.05) is 24.3 Å². The summed E-state index contributed by atoms with van der Waals surface area (Å²) < 4.78 is 0. The van der Waals surface area contributed by atoms with Gasteiger partial charge in [-0.15, -0.1) is 11.3 Å². The van der Waals surface area contributed by atoms with Crippen LogP contribution in [-0.4, -0.2) is 35.0 Å². The molecular weight excluding hydrogens is 322 g/mol. The van der Waals surface area contributed by atoms with Crippen LogP contribution >= 0.6 is 11.3 Å². The second-order valence-electron chi connectivity index (χ2n) is 5.48. The Balaban J connectivity index is 1.76. The standard InChI is InChI=1S/C17H17N5OS/c1-11-8-12(4-5-15(11)22(2)3)20-16(23)14-10-24-17(21-14)13-9-18-6-7-19-13/h4-10H,1-3H3,(H,20,23). The second-order valence-corrected chi connectivity index (χ2v) is 6.34. The van der Waals surface area contributed by atoms with Crippen LogP contribution in [0, 0.1) is 6.92 Å². The lowest BCUT2D eigenvalue weighted by Crippen LogP contribution is -2.14. The molecule has 0 saturated carbocycles. The normalized spacial score (nSPS) is 10.5. The van der Waals surface area contributed by atoms with E-state index in [0.717, 1.165) is 16.9 Å². The van der Waals surface area contributed by atoms with Crippen LogP contribution in [0.3, 0.4) is 0 Å². The van der Waals surface area contributed by atoms with Gasteiger partial charge in [0, 0.05) is 43.2 Å². The van der Waals surface area contributed by atoms with E-state index in [2.05, 4.69) is 20.3 Å². The van der Waals surface area contributed by atoms with E-state index in [-0.39, 0.29) is 5.91 Å². The lowest BCUT2D eigenvalue weighted by molar-refractivity contribution is 0.102. The molecule has 0 fully saturated rings. The van der Waals surface area contributed by atoms with Crippen molar-refractivity contribution in [3.05, 3.63) is 53.4 Å². The van der Waals surface area contributed by atoms with Crippen molar-refractivity contribution >= 4 is 28.6 Å². The first-order valence-corrected chi connectivity index (χ1v) is 8.24. The van der Waals surface area contributed by atoms with E-state index in [1.165, 1.54) is 11.3 Å². The Morgan fingerprint density at radius 1 is 1.25 bits per heavy atom. The number of rotatable bonds is 4. The molecule has 1 aromatic carbocycles. The van der Waals surface area contributed by atoms with Gasteiger partial charge in [0.2, 0.25) is 0 Å². The predicted molar refractivity (Wildman–Crippen MR) is 96.6 cm³/mol. The number of hydrogen-bond donors (Lipinski definition) is 1. The van der Waals surface area contributed by atoms with Crippen LogP contribution in [0.1, 0.15) is 16.1 Å². The van der Waals surface area contributed by atoms with Gasteiger partial charge in [-0.05, 0) is 30.7 Å². The van der Waals surface area contributed by atoms with Gasteiger partial charge in [-0.2, -0.15) is 0 Å². The number of carbonyl (C=O) groups is 1. The van der Waals surface area contributed by atoms with Crippen molar-refractivity contribution in [2.24, 2.45) is 0 Å². The van der Waals surface area contributed by atoms with Crippen molar-refractivity contribution in [3.8, 4) is 10.7 Å². The number of aryl methyl sites for hydroxylation is 1. The second kappa shape index (κ2) is 6.76. The Morgan fingerprint density at radius 2 is 2.08 bits per heavy atom. The summed E-state index contributed by atoms with van der Waals surface area (Å²) in [6, 6.07) is 5.82. The molecule has 2 heterocycles. The topological polar surface area (TPSA) is 71.0 Å². The first kappa shape index (κ1) is 16.1. The molecule has 0 atom stereocenters. The molecule has 0 bridgehead atoms. The first-order chi connectivity index (χ1) is 11.5. The third kappa shape index (κ3) is 3.41. The Bertz CT molecular complexity index is 860. The van der Waals surface area contributed by atoms with E-state index in [9.17, 15) is 4.79 Å². The fourth-order valence-corrected chi connectivity index (χ4v) is 3.10. The van der Waals surface area contributed by atoms with Crippen molar-refractivity contribution in [2.45, 2.75) is 6.92 Å². The molecule has 0 aliphatic carbocycles. The first-order valence-electron chi connectivity index (χ1n) is 7.36. The summed E-state index contributed by atoms with van der Waals surface area (Å²) >= 11 is 1.37. The van der Waals surface area contributed by atoms with Crippen LogP contribution in [0.5, 0.6) is 0 Å².